The van der Waals surface area contributed by atoms with Crippen LogP contribution >= 0.6 is 0 Å². The van der Waals surface area contributed by atoms with Crippen molar-refractivity contribution in [1.29, 1.82) is 0 Å². The third-order valence-corrected chi connectivity index (χ3v) is 1.55. The topological polar surface area (TPSA) is 13.1 Å². The highest BCUT2D eigenvalue weighted by Gasteiger charge is 2.08. The van der Waals surface area contributed by atoms with E-state index >= 15 is 0 Å². The van der Waals surface area contributed by atoms with Gasteiger partial charge in [0.05, 0.1) is 0 Å². The maximum atomic E-state index is 12.4. The van der Waals surface area contributed by atoms with Crippen molar-refractivity contribution in [1.82, 2.24) is 0 Å². The summed E-state index contributed by atoms with van der Waals surface area (Å²) in [6.45, 7) is 5.80. The molecule has 0 N–H and O–H groups in total. The van der Waals surface area contributed by atoms with Crippen molar-refractivity contribution in [3.05, 3.63) is 23.4 Å². The molecule has 2 heteroatoms. The fourth-order valence-corrected chi connectivity index (χ4v) is 1.03. The van der Waals surface area contributed by atoms with Crippen LogP contribution in [0.4, 0.5) is 4.39 Å². The van der Waals surface area contributed by atoms with Gasteiger partial charge in [0.1, 0.15) is 5.76 Å². The van der Waals surface area contributed by atoms with Gasteiger partial charge in [0.2, 0.25) is 0 Å². The highest BCUT2D eigenvalue weighted by atomic mass is 19.1. The molecule has 0 fully saturated rings. The average molecular weight is 142 g/mol. The molecule has 0 aromatic carbocycles. The van der Waals surface area contributed by atoms with Gasteiger partial charge in [-0.2, -0.15) is 4.39 Å². The van der Waals surface area contributed by atoms with Gasteiger partial charge in [-0.05, 0) is 18.4 Å². The standard InChI is InChI=1S/C8H11FO/c1-5(2)7-4-8(9)10-6(7)3/h4-5H,1-3H3. The molecule has 56 valence electrons. The fraction of sp³-hybridized carbons (Fsp3) is 0.500. The summed E-state index contributed by atoms with van der Waals surface area (Å²) in [6.07, 6.45) is 0. The van der Waals surface area contributed by atoms with Gasteiger partial charge in [0.15, 0.2) is 0 Å². The molecule has 1 aromatic rings. The van der Waals surface area contributed by atoms with E-state index in [0.29, 0.717) is 11.7 Å². The molecule has 0 bridgehead atoms. The van der Waals surface area contributed by atoms with Crippen molar-refractivity contribution >= 4 is 0 Å². The summed E-state index contributed by atoms with van der Waals surface area (Å²) in [5.41, 5.74) is 0.956. The molecule has 0 amide bonds. The zero-order valence-electron chi connectivity index (χ0n) is 6.44. The Labute approximate surface area is 59.9 Å². The molecule has 0 atom stereocenters. The lowest BCUT2D eigenvalue weighted by atomic mass is 10.1. The van der Waals surface area contributed by atoms with E-state index in [-0.39, 0.29) is 0 Å². The Balaban J connectivity index is 3.03. The van der Waals surface area contributed by atoms with Crippen LogP contribution in [0.15, 0.2) is 10.5 Å². The molecule has 1 rings (SSSR count). The lowest BCUT2D eigenvalue weighted by Crippen LogP contribution is -1.84. The van der Waals surface area contributed by atoms with Gasteiger partial charge in [0, 0.05) is 6.07 Å². The second-order valence-electron chi connectivity index (χ2n) is 2.72. The van der Waals surface area contributed by atoms with E-state index in [4.69, 9.17) is 4.42 Å². The summed E-state index contributed by atoms with van der Waals surface area (Å²) in [6, 6.07) is 0.959. The number of hydrogen-bond acceptors (Lipinski definition) is 1. The zero-order valence-corrected chi connectivity index (χ0v) is 6.44. The summed E-state index contributed by atoms with van der Waals surface area (Å²) in [7, 11) is 0. The Kier molecular flexibility index (Phi) is 1.79. The van der Waals surface area contributed by atoms with Gasteiger partial charge in [-0.3, -0.25) is 0 Å². The Bertz CT molecular complexity index is 225. The fourth-order valence-electron chi connectivity index (χ4n) is 1.03. The summed E-state index contributed by atoms with van der Waals surface area (Å²) in [4.78, 5) is 0. The first-order valence-electron chi connectivity index (χ1n) is 3.37. The number of halogens is 1. The molecule has 0 saturated heterocycles. The SMILES string of the molecule is Cc1oc(F)cc1C(C)C. The molecule has 0 spiro atoms. The second-order valence-corrected chi connectivity index (χ2v) is 2.72. The maximum absolute atomic E-state index is 12.4. The predicted octanol–water partition coefficient (Wildman–Crippen LogP) is 2.85. The minimum Gasteiger partial charge on any atom is -0.436 e. The molecule has 0 unspecified atom stereocenters. The van der Waals surface area contributed by atoms with Gasteiger partial charge in [-0.1, -0.05) is 13.8 Å². The van der Waals surface area contributed by atoms with Crippen molar-refractivity contribution in [2.45, 2.75) is 26.7 Å². The number of aryl methyl sites for hydroxylation is 1. The van der Waals surface area contributed by atoms with E-state index < -0.39 is 6.01 Å². The van der Waals surface area contributed by atoms with Gasteiger partial charge >= 0.3 is 0 Å². The average Bonchev–Trinajstić information content (AvgIpc) is 2.10. The largest absolute Gasteiger partial charge is 0.436 e. The molecule has 0 aliphatic rings. The van der Waals surface area contributed by atoms with E-state index in [1.165, 1.54) is 6.07 Å². The summed E-state index contributed by atoms with van der Waals surface area (Å²) in [5, 5.41) is 0. The minimum absolute atomic E-state index is 0.341. The van der Waals surface area contributed by atoms with Crippen molar-refractivity contribution < 1.29 is 8.81 Å². The van der Waals surface area contributed by atoms with Gasteiger partial charge in [-0.25, -0.2) is 0 Å². The van der Waals surface area contributed by atoms with Crippen LogP contribution in [-0.4, -0.2) is 0 Å². The summed E-state index contributed by atoms with van der Waals surface area (Å²) in [5.74, 6) is 1.03. The third kappa shape index (κ3) is 1.20. The van der Waals surface area contributed by atoms with E-state index in [9.17, 15) is 4.39 Å². The first-order valence-corrected chi connectivity index (χ1v) is 3.37. The van der Waals surface area contributed by atoms with Crippen LogP contribution in [0.25, 0.3) is 0 Å². The highest BCUT2D eigenvalue weighted by molar-refractivity contribution is 5.19. The zero-order chi connectivity index (χ0) is 7.72. The molecule has 0 aliphatic carbocycles. The van der Waals surface area contributed by atoms with Gasteiger partial charge in [0.25, 0.3) is 6.01 Å². The summed E-state index contributed by atoms with van der Waals surface area (Å²) < 4.78 is 17.1. The third-order valence-electron chi connectivity index (χ3n) is 1.55. The number of rotatable bonds is 1. The van der Waals surface area contributed by atoms with Gasteiger partial charge < -0.3 is 4.42 Å². The molecule has 0 aliphatic heterocycles. The van der Waals surface area contributed by atoms with Crippen LogP contribution in [0.1, 0.15) is 31.1 Å². The van der Waals surface area contributed by atoms with Crippen molar-refractivity contribution in [3.8, 4) is 0 Å². The Morgan fingerprint density at radius 2 is 2.10 bits per heavy atom. The van der Waals surface area contributed by atoms with Gasteiger partial charge in [-0.15, -0.1) is 0 Å². The first-order chi connectivity index (χ1) is 4.61. The molecule has 1 aromatic heterocycles. The Hall–Kier alpha value is -0.790. The highest BCUT2D eigenvalue weighted by Crippen LogP contribution is 2.21. The van der Waals surface area contributed by atoms with E-state index in [1.54, 1.807) is 6.92 Å². The molecule has 1 heterocycles. The minimum atomic E-state index is -0.485. The molecule has 10 heavy (non-hydrogen) atoms. The van der Waals surface area contributed by atoms with Crippen molar-refractivity contribution in [3.63, 3.8) is 0 Å². The van der Waals surface area contributed by atoms with Crippen LogP contribution < -0.4 is 0 Å². The van der Waals surface area contributed by atoms with Crippen LogP contribution in [-0.2, 0) is 0 Å². The Morgan fingerprint density at radius 1 is 1.50 bits per heavy atom. The van der Waals surface area contributed by atoms with Crippen LogP contribution in [0, 0.1) is 12.9 Å². The lowest BCUT2D eigenvalue weighted by Gasteiger charge is -1.98. The van der Waals surface area contributed by atoms with Crippen molar-refractivity contribution in [2.75, 3.05) is 0 Å². The van der Waals surface area contributed by atoms with Crippen molar-refractivity contribution in [2.24, 2.45) is 0 Å². The lowest BCUT2D eigenvalue weighted by molar-refractivity contribution is 0.345. The normalized spacial score (nSPS) is 10.9. The molecule has 0 saturated carbocycles. The monoisotopic (exact) mass is 142 g/mol. The first kappa shape index (κ1) is 7.32. The molecule has 1 nitrogen and oxygen atoms in total. The molecular weight excluding hydrogens is 131 g/mol. The molecule has 0 radical (unpaired) electrons. The number of furan rings is 1. The summed E-state index contributed by atoms with van der Waals surface area (Å²) >= 11 is 0. The molecular formula is C8H11FO. The van der Waals surface area contributed by atoms with E-state index in [1.807, 2.05) is 13.8 Å². The smallest absolute Gasteiger partial charge is 0.278 e. The quantitative estimate of drug-likeness (QED) is 0.587. The number of hydrogen-bond donors (Lipinski definition) is 0. The second kappa shape index (κ2) is 2.45. The predicted molar refractivity (Wildman–Crippen MR) is 37.5 cm³/mol. The van der Waals surface area contributed by atoms with E-state index in [2.05, 4.69) is 0 Å². The Morgan fingerprint density at radius 3 is 2.30 bits per heavy atom. The van der Waals surface area contributed by atoms with Crippen LogP contribution in [0.5, 0.6) is 0 Å². The van der Waals surface area contributed by atoms with Crippen LogP contribution in [0.2, 0.25) is 0 Å². The van der Waals surface area contributed by atoms with Crippen LogP contribution in [0.3, 0.4) is 0 Å². The maximum Gasteiger partial charge on any atom is 0.278 e. The van der Waals surface area contributed by atoms with E-state index in [0.717, 1.165) is 5.56 Å².